The van der Waals surface area contributed by atoms with Crippen molar-refractivity contribution in [2.45, 2.75) is 38.9 Å². The Kier molecular flexibility index (Phi) is 3.68. The third-order valence-electron chi connectivity index (χ3n) is 4.49. The van der Waals surface area contributed by atoms with Crippen molar-refractivity contribution in [3.8, 4) is 0 Å². The van der Waals surface area contributed by atoms with Crippen molar-refractivity contribution in [2.24, 2.45) is 5.92 Å². The summed E-state index contributed by atoms with van der Waals surface area (Å²) >= 11 is 0. The Morgan fingerprint density at radius 2 is 2.05 bits per heavy atom. The van der Waals surface area contributed by atoms with E-state index in [2.05, 4.69) is 5.32 Å². The molecule has 5 heteroatoms. The largest absolute Gasteiger partial charge is 0.480 e. The quantitative estimate of drug-likeness (QED) is 0.867. The van der Waals surface area contributed by atoms with E-state index in [1.807, 2.05) is 25.1 Å². The number of piperidine rings is 1. The number of carboxylic acid groups (broad SMARTS) is 1. The minimum Gasteiger partial charge on any atom is -0.480 e. The molecule has 112 valence electrons. The van der Waals surface area contributed by atoms with Crippen LogP contribution in [0, 0.1) is 5.92 Å². The van der Waals surface area contributed by atoms with Gasteiger partial charge in [0.2, 0.25) is 0 Å². The van der Waals surface area contributed by atoms with E-state index < -0.39 is 12.0 Å². The number of nitrogens with one attached hydrogen (secondary N) is 1. The molecule has 0 aromatic heterocycles. The van der Waals surface area contributed by atoms with Crippen LogP contribution in [0.2, 0.25) is 0 Å². The number of rotatable bonds is 2. The highest BCUT2D eigenvalue weighted by molar-refractivity contribution is 5.97. The number of hydrogen-bond acceptors (Lipinski definition) is 3. The van der Waals surface area contributed by atoms with Crippen LogP contribution in [0.5, 0.6) is 0 Å². The topological polar surface area (TPSA) is 69.6 Å². The normalized spacial score (nSPS) is 24.7. The van der Waals surface area contributed by atoms with E-state index in [1.54, 1.807) is 0 Å². The van der Waals surface area contributed by atoms with E-state index in [9.17, 15) is 14.7 Å². The Balaban J connectivity index is 1.85. The van der Waals surface area contributed by atoms with Crippen LogP contribution in [0.1, 0.15) is 41.3 Å². The van der Waals surface area contributed by atoms with Gasteiger partial charge in [-0.05, 0) is 42.0 Å². The third kappa shape index (κ3) is 2.65. The molecule has 1 saturated heterocycles. The number of aliphatic carboxylic acids is 1. The first-order valence-corrected chi connectivity index (χ1v) is 7.42. The molecule has 0 bridgehead atoms. The molecule has 2 N–H and O–H groups in total. The molecule has 1 fully saturated rings. The Bertz CT molecular complexity index is 585. The van der Waals surface area contributed by atoms with Crippen molar-refractivity contribution in [3.63, 3.8) is 0 Å². The molecule has 2 heterocycles. The second-order valence-corrected chi connectivity index (χ2v) is 6.07. The van der Waals surface area contributed by atoms with Crippen LogP contribution in [0.4, 0.5) is 0 Å². The second-order valence-electron chi connectivity index (χ2n) is 6.07. The fourth-order valence-corrected chi connectivity index (χ4v) is 3.21. The summed E-state index contributed by atoms with van der Waals surface area (Å²) in [6.07, 6.45) is 1.40. The molecule has 2 aliphatic rings. The molecule has 2 unspecified atom stereocenters. The summed E-state index contributed by atoms with van der Waals surface area (Å²) in [5.41, 5.74) is 2.95. The van der Waals surface area contributed by atoms with Gasteiger partial charge in [-0.25, -0.2) is 4.79 Å². The fraction of sp³-hybridized carbons (Fsp3) is 0.500. The summed E-state index contributed by atoms with van der Waals surface area (Å²) in [4.78, 5) is 25.6. The smallest absolute Gasteiger partial charge is 0.326 e. The van der Waals surface area contributed by atoms with Crippen molar-refractivity contribution < 1.29 is 14.7 Å². The van der Waals surface area contributed by atoms with E-state index >= 15 is 0 Å². The summed E-state index contributed by atoms with van der Waals surface area (Å²) in [7, 11) is 0. The Morgan fingerprint density at radius 3 is 2.81 bits per heavy atom. The van der Waals surface area contributed by atoms with Gasteiger partial charge in [0.15, 0.2) is 0 Å². The first-order chi connectivity index (χ1) is 10.1. The van der Waals surface area contributed by atoms with Gasteiger partial charge in [-0.1, -0.05) is 13.0 Å². The average Bonchev–Trinajstić information content (AvgIpc) is 2.93. The summed E-state index contributed by atoms with van der Waals surface area (Å²) in [5.74, 6) is -0.721. The molecule has 0 radical (unpaired) electrons. The molecule has 2 aliphatic heterocycles. The van der Waals surface area contributed by atoms with E-state index in [1.165, 1.54) is 10.5 Å². The van der Waals surface area contributed by atoms with Gasteiger partial charge >= 0.3 is 5.97 Å². The number of nitrogens with zero attached hydrogens (tertiary/aromatic N) is 1. The van der Waals surface area contributed by atoms with Crippen LogP contribution < -0.4 is 5.32 Å². The Hall–Kier alpha value is -1.88. The number of carbonyl (C=O) groups is 2. The van der Waals surface area contributed by atoms with Gasteiger partial charge in [0.05, 0.1) is 0 Å². The highest BCUT2D eigenvalue weighted by Crippen LogP contribution is 2.25. The van der Waals surface area contributed by atoms with Gasteiger partial charge in [-0.3, -0.25) is 4.79 Å². The number of benzene rings is 1. The van der Waals surface area contributed by atoms with Gasteiger partial charge in [0.1, 0.15) is 6.04 Å². The lowest BCUT2D eigenvalue weighted by atomic mass is 9.91. The molecule has 5 nitrogen and oxygen atoms in total. The van der Waals surface area contributed by atoms with Crippen molar-refractivity contribution in [2.75, 3.05) is 6.54 Å². The monoisotopic (exact) mass is 288 g/mol. The lowest BCUT2D eigenvalue weighted by Crippen LogP contribution is -2.49. The van der Waals surface area contributed by atoms with E-state index in [-0.39, 0.29) is 5.91 Å². The number of likely N-dealkylation sites (tertiary alicyclic amines) is 1. The molecule has 3 rings (SSSR count). The SMILES string of the molecule is CC1CCN(C(=O)c2ccc3c(c2)CNC3)C(C(=O)O)C1. The summed E-state index contributed by atoms with van der Waals surface area (Å²) in [5, 5.41) is 12.6. The van der Waals surface area contributed by atoms with Crippen molar-refractivity contribution in [1.29, 1.82) is 0 Å². The Morgan fingerprint density at radius 1 is 1.29 bits per heavy atom. The van der Waals surface area contributed by atoms with Gasteiger partial charge < -0.3 is 15.3 Å². The van der Waals surface area contributed by atoms with Crippen LogP contribution in [0.3, 0.4) is 0 Å². The first-order valence-electron chi connectivity index (χ1n) is 7.42. The minimum absolute atomic E-state index is 0.163. The molecule has 1 amide bonds. The number of carboxylic acids is 1. The highest BCUT2D eigenvalue weighted by atomic mass is 16.4. The summed E-state index contributed by atoms with van der Waals surface area (Å²) in [6.45, 7) is 4.17. The maximum Gasteiger partial charge on any atom is 0.326 e. The van der Waals surface area contributed by atoms with E-state index in [0.717, 1.165) is 25.1 Å². The number of carbonyl (C=O) groups excluding carboxylic acids is 1. The minimum atomic E-state index is -0.905. The van der Waals surface area contributed by atoms with Gasteiger partial charge in [-0.15, -0.1) is 0 Å². The first kappa shape index (κ1) is 14.1. The van der Waals surface area contributed by atoms with Crippen molar-refractivity contribution in [3.05, 3.63) is 34.9 Å². The zero-order chi connectivity index (χ0) is 15.0. The number of amides is 1. The van der Waals surface area contributed by atoms with Crippen LogP contribution in [0.15, 0.2) is 18.2 Å². The highest BCUT2D eigenvalue weighted by Gasteiger charge is 2.35. The standard InChI is InChI=1S/C16H20N2O3/c1-10-4-5-18(14(6-10)16(20)21)15(19)11-2-3-12-8-17-9-13(12)7-11/h2-3,7,10,14,17H,4-6,8-9H2,1H3,(H,20,21). The van der Waals surface area contributed by atoms with E-state index in [0.29, 0.717) is 24.4 Å². The molecular formula is C16H20N2O3. The van der Waals surface area contributed by atoms with Crippen LogP contribution in [-0.4, -0.2) is 34.5 Å². The zero-order valence-electron chi connectivity index (χ0n) is 12.1. The molecule has 2 atom stereocenters. The maximum atomic E-state index is 12.7. The second kappa shape index (κ2) is 5.48. The lowest BCUT2D eigenvalue weighted by Gasteiger charge is -2.36. The summed E-state index contributed by atoms with van der Waals surface area (Å²) < 4.78 is 0. The lowest BCUT2D eigenvalue weighted by molar-refractivity contribution is -0.144. The Labute approximate surface area is 123 Å². The molecule has 1 aromatic rings. The van der Waals surface area contributed by atoms with Crippen LogP contribution >= 0.6 is 0 Å². The van der Waals surface area contributed by atoms with Crippen molar-refractivity contribution in [1.82, 2.24) is 10.2 Å². The molecular weight excluding hydrogens is 268 g/mol. The fourth-order valence-electron chi connectivity index (χ4n) is 3.21. The number of fused-ring (bicyclic) bond motifs is 1. The van der Waals surface area contributed by atoms with Gasteiger partial charge in [0.25, 0.3) is 5.91 Å². The molecule has 1 aromatic carbocycles. The molecule has 0 spiro atoms. The molecule has 0 saturated carbocycles. The average molecular weight is 288 g/mol. The summed E-state index contributed by atoms with van der Waals surface area (Å²) in [6, 6.07) is 4.97. The van der Waals surface area contributed by atoms with Crippen LogP contribution in [-0.2, 0) is 17.9 Å². The number of hydrogen-bond donors (Lipinski definition) is 2. The maximum absolute atomic E-state index is 12.7. The van der Waals surface area contributed by atoms with Gasteiger partial charge in [-0.2, -0.15) is 0 Å². The van der Waals surface area contributed by atoms with Crippen LogP contribution in [0.25, 0.3) is 0 Å². The molecule has 0 aliphatic carbocycles. The predicted octanol–water partition coefficient (Wildman–Crippen LogP) is 1.62. The van der Waals surface area contributed by atoms with Gasteiger partial charge in [0, 0.05) is 25.2 Å². The predicted molar refractivity (Wildman–Crippen MR) is 77.8 cm³/mol. The zero-order valence-corrected chi connectivity index (χ0v) is 12.1. The van der Waals surface area contributed by atoms with Crippen molar-refractivity contribution >= 4 is 11.9 Å². The third-order valence-corrected chi connectivity index (χ3v) is 4.49. The molecule has 21 heavy (non-hydrogen) atoms. The van der Waals surface area contributed by atoms with E-state index in [4.69, 9.17) is 0 Å².